The Kier molecular flexibility index (Phi) is 19.9. The monoisotopic (exact) mass is 889 g/mol. The normalized spacial score (nSPS) is 11.0. The zero-order chi connectivity index (χ0) is 46.3. The summed E-state index contributed by atoms with van der Waals surface area (Å²) in [6.07, 6.45) is 6.18. The molecule has 6 rings (SSSR count). The van der Waals surface area contributed by atoms with Crippen LogP contribution in [0, 0.1) is 12.8 Å². The molecule has 1 radical (unpaired) electrons. The smallest absolute Gasteiger partial charge is 0.127 e. The molecule has 0 aliphatic rings. The predicted octanol–water partition coefficient (Wildman–Crippen LogP) is 14.6. The second kappa shape index (κ2) is 23.5. The van der Waals surface area contributed by atoms with E-state index in [0.29, 0.717) is 16.9 Å². The van der Waals surface area contributed by atoms with Crippen molar-refractivity contribution in [2.75, 3.05) is 0 Å². The van der Waals surface area contributed by atoms with Crippen molar-refractivity contribution in [3.63, 3.8) is 0 Å². The van der Waals surface area contributed by atoms with E-state index in [2.05, 4.69) is 120 Å². The SMILES string of the molecule is CC(C)(C)c1cc(C=[N-])c(O)c(C(C)(C)C)c1.CC(C)(C)c1cc(C=[N-])c(O)c(C(C)(C)C)c1.Oc1ccc(Oc2ccccc2)cc1.[Co].c1ccc([CH-][CH-]c2ccccc2)cc1. The van der Waals surface area contributed by atoms with Gasteiger partial charge in [0.05, 0.1) is 0 Å². The molecule has 6 nitrogen and oxygen atoms in total. The molecule has 0 unspecified atom stereocenters. The van der Waals surface area contributed by atoms with Gasteiger partial charge in [-0.15, -0.1) is 24.3 Å². The van der Waals surface area contributed by atoms with E-state index >= 15 is 0 Å². The van der Waals surface area contributed by atoms with Gasteiger partial charge in [0.2, 0.25) is 0 Å². The quantitative estimate of drug-likeness (QED) is 0.109. The summed E-state index contributed by atoms with van der Waals surface area (Å²) in [5.41, 5.74) is 7.08. The van der Waals surface area contributed by atoms with Crippen molar-refractivity contribution >= 4 is 12.4 Å². The minimum Gasteiger partial charge on any atom is -0.810 e. The van der Waals surface area contributed by atoms with E-state index in [-0.39, 0.29) is 55.7 Å². The third-order valence-corrected chi connectivity index (χ3v) is 9.79. The Bertz CT molecular complexity index is 2170. The Morgan fingerprint density at radius 3 is 1.05 bits per heavy atom. The minimum absolute atomic E-state index is 0. The molecule has 0 aromatic heterocycles. The molecule has 7 heteroatoms. The average molecular weight is 890 g/mol. The summed E-state index contributed by atoms with van der Waals surface area (Å²) >= 11 is 0. The van der Waals surface area contributed by atoms with E-state index in [9.17, 15) is 21.0 Å². The van der Waals surface area contributed by atoms with E-state index < -0.39 is 0 Å². The van der Waals surface area contributed by atoms with Crippen LogP contribution in [0.25, 0.3) is 10.8 Å². The maximum absolute atomic E-state index is 10.1. The molecule has 0 aliphatic heterocycles. The largest absolute Gasteiger partial charge is 0.810 e. The number of hydrogen-bond donors (Lipinski definition) is 3. The standard InChI is InChI=1S/2C15H22NO.C14H12.C12H10O2.Co/c2*1-14(2,3)11-7-10(9-16)13(17)12(8-11)15(4,5)6;1-3-7-13(8-4-1)11-12-14-9-5-2-6-10-14;13-10-6-8-12(9-7-10)14-11-4-2-1-3-5-11;/h2*7-9,17H,1-6H3;1-12H;1-9,13H;/q2*-1;-2;;. The summed E-state index contributed by atoms with van der Waals surface area (Å²) in [6.45, 7) is 25.0. The second-order valence-electron chi connectivity index (χ2n) is 19.2. The fraction of sp³-hybridized carbons (Fsp3) is 0.286. The van der Waals surface area contributed by atoms with Gasteiger partial charge in [-0.05, 0) is 92.4 Å². The molecule has 0 spiro atoms. The van der Waals surface area contributed by atoms with Gasteiger partial charge in [0.25, 0.3) is 0 Å². The Morgan fingerprint density at radius 1 is 0.429 bits per heavy atom. The summed E-state index contributed by atoms with van der Waals surface area (Å²) in [4.78, 5) is 0. The molecule has 0 fully saturated rings. The zero-order valence-corrected chi connectivity index (χ0v) is 40.1. The molecule has 3 N–H and O–H groups in total. The number of ether oxygens (including phenoxy) is 1. The first-order chi connectivity index (χ1) is 28.9. The summed E-state index contributed by atoms with van der Waals surface area (Å²) in [7, 11) is 0. The predicted molar refractivity (Wildman–Crippen MR) is 262 cm³/mol. The van der Waals surface area contributed by atoms with Crippen LogP contribution in [-0.4, -0.2) is 27.7 Å². The molecular formula is C56H66CoN2O4-4. The number of aromatic hydroxyl groups is 3. The van der Waals surface area contributed by atoms with Crippen LogP contribution < -0.4 is 4.74 Å². The zero-order valence-electron chi connectivity index (χ0n) is 39.1. The van der Waals surface area contributed by atoms with Crippen molar-refractivity contribution in [2.24, 2.45) is 0 Å². The molecule has 337 valence electrons. The molecule has 63 heavy (non-hydrogen) atoms. The second-order valence-corrected chi connectivity index (χ2v) is 19.2. The van der Waals surface area contributed by atoms with Gasteiger partial charge in [-0.3, -0.25) is 0 Å². The molecule has 0 atom stereocenters. The van der Waals surface area contributed by atoms with Crippen molar-refractivity contribution < 1.29 is 36.8 Å². The van der Waals surface area contributed by atoms with Crippen LogP contribution >= 0.6 is 0 Å². The number of phenols is 3. The molecule has 0 bridgehead atoms. The Morgan fingerprint density at radius 2 is 0.746 bits per heavy atom. The van der Waals surface area contributed by atoms with Crippen molar-refractivity contribution in [3.8, 4) is 28.7 Å². The summed E-state index contributed by atoms with van der Waals surface area (Å²) < 4.78 is 5.52. The van der Waals surface area contributed by atoms with Gasteiger partial charge in [-0.2, -0.15) is 36.7 Å². The van der Waals surface area contributed by atoms with E-state index in [1.165, 1.54) is 11.1 Å². The minimum atomic E-state index is -0.150. The van der Waals surface area contributed by atoms with Crippen LogP contribution in [-0.2, 0) is 38.4 Å². The van der Waals surface area contributed by atoms with Gasteiger partial charge in [-0.25, -0.2) is 24.0 Å². The topological polar surface area (TPSA) is 115 Å². The Labute approximate surface area is 388 Å². The maximum Gasteiger partial charge on any atom is 0.127 e. The third kappa shape index (κ3) is 17.4. The fourth-order valence-corrected chi connectivity index (χ4v) is 5.98. The molecule has 0 saturated heterocycles. The van der Waals surface area contributed by atoms with E-state index in [1.54, 1.807) is 24.3 Å². The first-order valence-electron chi connectivity index (χ1n) is 20.9. The molecule has 0 aliphatic carbocycles. The number of nitrogens with zero attached hydrogens (tertiary/aromatic N) is 2. The van der Waals surface area contributed by atoms with Crippen molar-refractivity contribution in [1.82, 2.24) is 0 Å². The first-order valence-corrected chi connectivity index (χ1v) is 20.9. The molecule has 0 saturated carbocycles. The molecule has 6 aromatic rings. The fourth-order valence-electron chi connectivity index (χ4n) is 5.98. The molecule has 0 amide bonds. The number of rotatable bonds is 7. The maximum atomic E-state index is 10.1. The van der Waals surface area contributed by atoms with E-state index in [4.69, 9.17) is 9.84 Å². The van der Waals surface area contributed by atoms with Gasteiger partial charge in [0, 0.05) is 27.9 Å². The number of benzene rings is 6. The third-order valence-electron chi connectivity index (χ3n) is 9.79. The Hall–Kier alpha value is -5.89. The van der Waals surface area contributed by atoms with Crippen LogP contribution in [0.5, 0.6) is 28.7 Å². The van der Waals surface area contributed by atoms with Gasteiger partial charge < -0.3 is 30.9 Å². The van der Waals surface area contributed by atoms with E-state index in [0.717, 1.165) is 40.4 Å². The van der Waals surface area contributed by atoms with Crippen LogP contribution in [0.15, 0.2) is 140 Å². The van der Waals surface area contributed by atoms with Crippen LogP contribution in [0.1, 0.15) is 128 Å². The Balaban J connectivity index is 0.000000288. The molecular weight excluding hydrogens is 824 g/mol. The number of para-hydroxylation sites is 1. The first kappa shape index (κ1) is 53.2. The van der Waals surface area contributed by atoms with E-state index in [1.807, 2.05) is 91.0 Å². The number of phenolic OH excluding ortho intramolecular Hbond substituents is 3. The summed E-state index contributed by atoms with van der Waals surface area (Å²) in [5, 5.41) is 47.7. The average Bonchev–Trinajstić information content (AvgIpc) is 3.21. The summed E-state index contributed by atoms with van der Waals surface area (Å²) in [5.74, 6) is 2.10. The van der Waals surface area contributed by atoms with Gasteiger partial charge in [0.15, 0.2) is 0 Å². The van der Waals surface area contributed by atoms with Gasteiger partial charge in [-0.1, -0.05) is 126 Å². The van der Waals surface area contributed by atoms with Crippen LogP contribution in [0.4, 0.5) is 0 Å². The van der Waals surface area contributed by atoms with Crippen LogP contribution in [0.3, 0.4) is 0 Å². The van der Waals surface area contributed by atoms with Crippen molar-refractivity contribution in [1.29, 1.82) is 0 Å². The summed E-state index contributed by atoms with van der Waals surface area (Å²) in [6, 6.07) is 44.5. The van der Waals surface area contributed by atoms with Gasteiger partial charge >= 0.3 is 0 Å². The molecule has 0 heterocycles. The van der Waals surface area contributed by atoms with Gasteiger partial charge in [0.1, 0.15) is 28.7 Å². The molecule has 6 aromatic carbocycles. The number of hydrogen-bond acceptors (Lipinski definition) is 4. The van der Waals surface area contributed by atoms with Crippen molar-refractivity contribution in [3.05, 3.63) is 208 Å². The van der Waals surface area contributed by atoms with Crippen molar-refractivity contribution in [2.45, 2.75) is 105 Å². The van der Waals surface area contributed by atoms with Crippen LogP contribution in [0.2, 0.25) is 0 Å².